The van der Waals surface area contributed by atoms with Crippen molar-refractivity contribution in [2.75, 3.05) is 0 Å². The topological polar surface area (TPSA) is 82.1 Å². The van der Waals surface area contributed by atoms with E-state index in [4.69, 9.17) is 5.11 Å². The molecule has 0 aliphatic heterocycles. The van der Waals surface area contributed by atoms with Gasteiger partial charge in [-0.2, -0.15) is 0 Å². The second kappa shape index (κ2) is 9.85. The zero-order valence-electron chi connectivity index (χ0n) is 15.3. The highest BCUT2D eigenvalue weighted by molar-refractivity contribution is 5.94. The normalized spacial score (nSPS) is 11.1. The lowest BCUT2D eigenvalue weighted by atomic mass is 10.1. The summed E-state index contributed by atoms with van der Waals surface area (Å²) in [5.41, 5.74) is 0.0343. The van der Waals surface area contributed by atoms with Gasteiger partial charge in [-0.05, 0) is 37.3 Å². The fourth-order valence-electron chi connectivity index (χ4n) is 1.84. The Morgan fingerprint density at radius 2 is 1.30 bits per heavy atom. The third-order valence-corrected chi connectivity index (χ3v) is 2.92. The Balaban J connectivity index is 0.000000300. The van der Waals surface area contributed by atoms with Crippen LogP contribution in [0.4, 0.5) is 26.3 Å². The summed E-state index contributed by atoms with van der Waals surface area (Å²) >= 11 is 0. The van der Waals surface area contributed by atoms with Gasteiger partial charge in [-0.1, -0.05) is 12.1 Å². The predicted molar refractivity (Wildman–Crippen MR) is 89.2 cm³/mol. The highest BCUT2D eigenvalue weighted by atomic mass is 19.4. The molecule has 0 aromatic heterocycles. The quantitative estimate of drug-likeness (QED) is 0.312. The Hall–Kier alpha value is -3.44. The van der Waals surface area contributed by atoms with E-state index < -0.39 is 41.7 Å². The number of hydrogen-bond donors (Lipinski definition) is 1. The molecule has 0 unspecified atom stereocenters. The number of aromatic hydroxyl groups is 1. The van der Waals surface area contributed by atoms with Crippen molar-refractivity contribution in [1.29, 1.82) is 0 Å². The van der Waals surface area contributed by atoms with Crippen LogP contribution in [0.5, 0.6) is 23.0 Å². The molecule has 2 aromatic carbocycles. The van der Waals surface area contributed by atoms with Crippen molar-refractivity contribution < 1.29 is 55.2 Å². The fraction of sp³-hybridized carbons (Fsp3) is 0.222. The van der Waals surface area contributed by atoms with E-state index in [9.17, 15) is 35.9 Å². The van der Waals surface area contributed by atoms with Gasteiger partial charge in [0.2, 0.25) is 0 Å². The zero-order chi connectivity index (χ0) is 23.1. The summed E-state index contributed by atoms with van der Waals surface area (Å²) in [7, 11) is 0. The van der Waals surface area contributed by atoms with Crippen molar-refractivity contribution in [3.8, 4) is 23.0 Å². The molecule has 0 fully saturated rings. The van der Waals surface area contributed by atoms with Crippen LogP contribution < -0.4 is 14.2 Å². The number of Topliss-reactive ketones (excluding diaryl/α,β-unsaturated/α-hetero) is 1. The summed E-state index contributed by atoms with van der Waals surface area (Å²) in [6.45, 7) is 2.29. The van der Waals surface area contributed by atoms with Gasteiger partial charge < -0.3 is 19.3 Å². The van der Waals surface area contributed by atoms with E-state index in [1.807, 2.05) is 0 Å². The summed E-state index contributed by atoms with van der Waals surface area (Å²) in [4.78, 5) is 21.4. The number of phenolic OH excluding ortho intramolecular Hbond substituents is 1. The van der Waals surface area contributed by atoms with E-state index in [-0.39, 0.29) is 11.3 Å². The van der Waals surface area contributed by atoms with Crippen molar-refractivity contribution in [3.63, 3.8) is 0 Å². The number of hydrogen-bond acceptors (Lipinski definition) is 6. The number of alkyl halides is 6. The number of ketones is 1. The number of ether oxygens (including phenoxy) is 3. The average Bonchev–Trinajstić information content (AvgIpc) is 2.56. The van der Waals surface area contributed by atoms with E-state index in [1.165, 1.54) is 31.2 Å². The first kappa shape index (κ1) is 24.6. The minimum absolute atomic E-state index is 0.0343. The first-order valence-electron chi connectivity index (χ1n) is 7.81. The van der Waals surface area contributed by atoms with Gasteiger partial charge in [0.15, 0.2) is 28.8 Å². The van der Waals surface area contributed by atoms with Gasteiger partial charge in [0, 0.05) is 12.5 Å². The smallest absolute Gasteiger partial charge is 0.504 e. The van der Waals surface area contributed by atoms with Crippen LogP contribution in [0.15, 0.2) is 42.5 Å². The molecule has 164 valence electrons. The van der Waals surface area contributed by atoms with Crippen molar-refractivity contribution >= 4 is 11.8 Å². The third kappa shape index (κ3) is 9.17. The average molecular weight is 440 g/mol. The van der Waals surface area contributed by atoms with Gasteiger partial charge in [0.1, 0.15) is 0 Å². The van der Waals surface area contributed by atoms with Crippen molar-refractivity contribution in [1.82, 2.24) is 0 Å². The lowest BCUT2D eigenvalue weighted by molar-refractivity contribution is -0.276. The van der Waals surface area contributed by atoms with E-state index in [0.717, 1.165) is 25.1 Å². The van der Waals surface area contributed by atoms with E-state index in [1.54, 1.807) is 0 Å². The monoisotopic (exact) mass is 440 g/mol. The van der Waals surface area contributed by atoms with Gasteiger partial charge in [-0.3, -0.25) is 9.59 Å². The summed E-state index contributed by atoms with van der Waals surface area (Å²) in [6, 6.07) is 8.06. The standard InChI is InChI=1S/2C9H7F3O3/c1-5(13)6-2-3-7(14)8(4-6)15-9(10,11)12;1-6(13)14-7-4-2-3-5-8(7)15-9(10,11)12/h2-4,14H,1H3;2-5H,1H3. The minimum atomic E-state index is -4.90. The lowest BCUT2D eigenvalue weighted by Gasteiger charge is -2.11. The second-order valence-electron chi connectivity index (χ2n) is 5.37. The number of carbonyl (C=O) groups is 2. The molecule has 12 heteroatoms. The molecule has 0 heterocycles. The second-order valence-corrected chi connectivity index (χ2v) is 5.37. The Kier molecular flexibility index (Phi) is 8.08. The summed E-state index contributed by atoms with van der Waals surface area (Å²) in [5, 5.41) is 9.04. The molecule has 0 saturated heterocycles. The molecule has 0 amide bonds. The number of para-hydroxylation sites is 2. The molecular weight excluding hydrogens is 426 g/mol. The Labute approximate surface area is 165 Å². The lowest BCUT2D eigenvalue weighted by Crippen LogP contribution is -2.18. The van der Waals surface area contributed by atoms with Crippen molar-refractivity contribution in [3.05, 3.63) is 48.0 Å². The number of phenols is 1. The van der Waals surface area contributed by atoms with Crippen molar-refractivity contribution in [2.45, 2.75) is 26.6 Å². The van der Waals surface area contributed by atoms with E-state index >= 15 is 0 Å². The van der Waals surface area contributed by atoms with Crippen molar-refractivity contribution in [2.24, 2.45) is 0 Å². The molecule has 6 nitrogen and oxygen atoms in total. The highest BCUT2D eigenvalue weighted by Crippen LogP contribution is 2.32. The first-order chi connectivity index (χ1) is 13.7. The van der Waals surface area contributed by atoms with Gasteiger partial charge in [0.25, 0.3) is 0 Å². The molecule has 0 atom stereocenters. The molecule has 2 rings (SSSR count). The maximum Gasteiger partial charge on any atom is 0.573 e. The van der Waals surface area contributed by atoms with Gasteiger partial charge in [-0.15, -0.1) is 26.3 Å². The van der Waals surface area contributed by atoms with E-state index in [2.05, 4.69) is 14.2 Å². The Morgan fingerprint density at radius 1 is 0.800 bits per heavy atom. The number of carbonyl (C=O) groups excluding carboxylic acids is 2. The third-order valence-electron chi connectivity index (χ3n) is 2.92. The molecule has 1 N–H and O–H groups in total. The summed E-state index contributed by atoms with van der Waals surface area (Å²) in [5.74, 6) is -3.38. The maximum atomic E-state index is 11.9. The van der Waals surface area contributed by atoms with Crippen LogP contribution in [-0.4, -0.2) is 29.6 Å². The summed E-state index contributed by atoms with van der Waals surface area (Å²) < 4.78 is 82.9. The van der Waals surface area contributed by atoms with Crippen LogP contribution in [0, 0.1) is 0 Å². The van der Waals surface area contributed by atoms with Crippen LogP contribution in [0.25, 0.3) is 0 Å². The molecule has 2 aromatic rings. The SMILES string of the molecule is CC(=O)Oc1ccccc1OC(F)(F)F.CC(=O)c1ccc(O)c(OC(F)(F)F)c1. The van der Waals surface area contributed by atoms with Gasteiger partial charge in [-0.25, -0.2) is 0 Å². The maximum absolute atomic E-state index is 11.9. The molecule has 0 spiro atoms. The van der Waals surface area contributed by atoms with Crippen LogP contribution in [0.3, 0.4) is 0 Å². The predicted octanol–water partition coefficient (Wildman–Crippen LogP) is 5.00. The van der Waals surface area contributed by atoms with E-state index in [0.29, 0.717) is 0 Å². The molecule has 30 heavy (non-hydrogen) atoms. The summed E-state index contributed by atoms with van der Waals surface area (Å²) in [6.07, 6.45) is -9.71. The molecule has 0 saturated carbocycles. The first-order valence-corrected chi connectivity index (χ1v) is 7.81. The van der Waals surface area contributed by atoms with Gasteiger partial charge in [0.05, 0.1) is 0 Å². The molecule has 0 bridgehead atoms. The molecule has 0 aliphatic carbocycles. The molecule has 0 aliphatic rings. The number of halogens is 6. The van der Waals surface area contributed by atoms with Crippen LogP contribution in [0.1, 0.15) is 24.2 Å². The Bertz CT molecular complexity index is 891. The number of esters is 1. The molecular formula is C18H14F6O6. The van der Waals surface area contributed by atoms with Crippen LogP contribution in [-0.2, 0) is 4.79 Å². The zero-order valence-corrected chi connectivity index (χ0v) is 15.3. The van der Waals surface area contributed by atoms with Crippen LogP contribution >= 0.6 is 0 Å². The fourth-order valence-corrected chi connectivity index (χ4v) is 1.84. The molecule has 0 radical (unpaired) electrons. The highest BCUT2D eigenvalue weighted by Gasteiger charge is 2.33. The minimum Gasteiger partial charge on any atom is -0.504 e. The number of rotatable bonds is 4. The van der Waals surface area contributed by atoms with Gasteiger partial charge >= 0.3 is 18.7 Å². The Morgan fingerprint density at radius 3 is 1.77 bits per heavy atom. The number of benzene rings is 2. The largest absolute Gasteiger partial charge is 0.573 e. The van der Waals surface area contributed by atoms with Crippen LogP contribution in [0.2, 0.25) is 0 Å².